The summed E-state index contributed by atoms with van der Waals surface area (Å²) in [6, 6.07) is 9.72. The number of aromatic nitrogens is 1. The minimum atomic E-state index is 0.793. The average molecular weight is 172 g/mol. The third kappa shape index (κ3) is 1.49. The molecule has 0 spiro atoms. The third-order valence-electron chi connectivity index (χ3n) is 1.82. The molecule has 0 bridgehead atoms. The van der Waals surface area contributed by atoms with Crippen LogP contribution in [-0.4, -0.2) is 16.4 Å². The minimum Gasteiger partial charge on any atom is -0.411 e. The van der Waals surface area contributed by atoms with Gasteiger partial charge >= 0.3 is 0 Å². The molecule has 1 N–H and O–H groups in total. The van der Waals surface area contributed by atoms with Crippen molar-refractivity contribution in [3.8, 4) is 0 Å². The lowest BCUT2D eigenvalue weighted by atomic mass is 10.2. The molecule has 0 fully saturated rings. The van der Waals surface area contributed by atoms with Crippen molar-refractivity contribution in [3.05, 3.63) is 42.1 Å². The number of benzene rings is 1. The number of rotatable bonds is 1. The van der Waals surface area contributed by atoms with Crippen molar-refractivity contribution in [1.29, 1.82) is 0 Å². The molecule has 0 aliphatic heterocycles. The first-order chi connectivity index (χ1) is 6.40. The number of para-hydroxylation sites is 1. The number of fused-ring (bicyclic) bond motifs is 1. The first-order valence-electron chi connectivity index (χ1n) is 3.92. The molecular weight excluding hydrogens is 164 g/mol. The second-order valence-corrected chi connectivity index (χ2v) is 2.71. The van der Waals surface area contributed by atoms with Crippen LogP contribution in [0.3, 0.4) is 0 Å². The molecule has 3 heteroatoms. The van der Waals surface area contributed by atoms with Crippen LogP contribution in [0.1, 0.15) is 5.56 Å². The van der Waals surface area contributed by atoms with Gasteiger partial charge in [0.15, 0.2) is 0 Å². The van der Waals surface area contributed by atoms with Crippen molar-refractivity contribution in [3.63, 3.8) is 0 Å². The van der Waals surface area contributed by atoms with E-state index in [4.69, 9.17) is 5.21 Å². The van der Waals surface area contributed by atoms with E-state index < -0.39 is 0 Å². The van der Waals surface area contributed by atoms with Gasteiger partial charge in [-0.15, -0.1) is 0 Å². The van der Waals surface area contributed by atoms with Gasteiger partial charge in [-0.1, -0.05) is 23.4 Å². The predicted octanol–water partition coefficient (Wildman–Crippen LogP) is 2.04. The lowest BCUT2D eigenvalue weighted by molar-refractivity contribution is 0.322. The maximum Gasteiger partial charge on any atom is 0.0749 e. The first kappa shape index (κ1) is 7.73. The Morgan fingerprint density at radius 2 is 2.15 bits per heavy atom. The Balaban J connectivity index is 2.62. The molecule has 0 aliphatic carbocycles. The Morgan fingerprint density at radius 1 is 1.31 bits per heavy atom. The Bertz CT molecular complexity index is 451. The Hall–Kier alpha value is -1.90. The summed E-state index contributed by atoms with van der Waals surface area (Å²) in [5.41, 5.74) is 1.73. The molecule has 0 amide bonds. The van der Waals surface area contributed by atoms with E-state index in [0.717, 1.165) is 16.5 Å². The van der Waals surface area contributed by atoms with Crippen molar-refractivity contribution in [2.45, 2.75) is 0 Å². The van der Waals surface area contributed by atoms with Gasteiger partial charge in [0.25, 0.3) is 0 Å². The zero-order valence-corrected chi connectivity index (χ0v) is 6.88. The topological polar surface area (TPSA) is 45.5 Å². The van der Waals surface area contributed by atoms with Crippen LogP contribution in [0, 0.1) is 0 Å². The number of hydrogen-bond donors (Lipinski definition) is 1. The highest BCUT2D eigenvalue weighted by atomic mass is 16.4. The SMILES string of the molecule is O/N=C\c1cnc2ccccc2c1. The number of oxime groups is 1. The molecular formula is C10H8N2O. The lowest BCUT2D eigenvalue weighted by Gasteiger charge is -1.96. The van der Waals surface area contributed by atoms with Crippen LogP contribution in [-0.2, 0) is 0 Å². The van der Waals surface area contributed by atoms with Gasteiger partial charge in [-0.2, -0.15) is 0 Å². The molecule has 0 saturated carbocycles. The monoisotopic (exact) mass is 172 g/mol. The fourth-order valence-electron chi connectivity index (χ4n) is 1.23. The predicted molar refractivity (Wildman–Crippen MR) is 51.1 cm³/mol. The molecule has 64 valence electrons. The van der Waals surface area contributed by atoms with E-state index in [-0.39, 0.29) is 0 Å². The van der Waals surface area contributed by atoms with Crippen LogP contribution in [0.2, 0.25) is 0 Å². The summed E-state index contributed by atoms with van der Waals surface area (Å²) >= 11 is 0. The van der Waals surface area contributed by atoms with Crippen molar-refractivity contribution < 1.29 is 5.21 Å². The molecule has 3 nitrogen and oxygen atoms in total. The normalized spacial score (nSPS) is 11.1. The molecule has 13 heavy (non-hydrogen) atoms. The highest BCUT2D eigenvalue weighted by molar-refractivity contribution is 5.87. The first-order valence-corrected chi connectivity index (χ1v) is 3.92. The van der Waals surface area contributed by atoms with Crippen LogP contribution in [0.4, 0.5) is 0 Å². The Morgan fingerprint density at radius 3 is 3.00 bits per heavy atom. The molecule has 0 unspecified atom stereocenters. The quantitative estimate of drug-likeness (QED) is 0.406. The summed E-state index contributed by atoms with van der Waals surface area (Å²) in [6.07, 6.45) is 3.03. The van der Waals surface area contributed by atoms with E-state index in [0.29, 0.717) is 0 Å². The second kappa shape index (κ2) is 3.23. The molecule has 0 saturated heterocycles. The summed E-state index contributed by atoms with van der Waals surface area (Å²) in [5.74, 6) is 0. The fourth-order valence-corrected chi connectivity index (χ4v) is 1.23. The summed E-state index contributed by atoms with van der Waals surface area (Å²) < 4.78 is 0. The molecule has 2 aromatic rings. The fraction of sp³-hybridized carbons (Fsp3) is 0. The van der Waals surface area contributed by atoms with Gasteiger partial charge < -0.3 is 5.21 Å². The second-order valence-electron chi connectivity index (χ2n) is 2.71. The minimum absolute atomic E-state index is 0.793. The molecule has 0 atom stereocenters. The van der Waals surface area contributed by atoms with E-state index in [2.05, 4.69) is 10.1 Å². The Labute approximate surface area is 75.3 Å². The maximum atomic E-state index is 8.33. The van der Waals surface area contributed by atoms with E-state index in [1.54, 1.807) is 6.20 Å². The molecule has 1 aromatic carbocycles. The number of hydrogen-bond acceptors (Lipinski definition) is 3. The van der Waals surface area contributed by atoms with E-state index >= 15 is 0 Å². The highest BCUT2D eigenvalue weighted by Crippen LogP contribution is 2.11. The lowest BCUT2D eigenvalue weighted by Crippen LogP contribution is -1.84. The zero-order valence-electron chi connectivity index (χ0n) is 6.88. The standard InChI is InChI=1S/C10H8N2O/c13-12-7-8-5-9-3-1-2-4-10(9)11-6-8/h1-7,13H/b12-7-. The van der Waals surface area contributed by atoms with Crippen molar-refractivity contribution in [1.82, 2.24) is 4.98 Å². The van der Waals surface area contributed by atoms with Gasteiger partial charge in [-0.3, -0.25) is 4.98 Å². The van der Waals surface area contributed by atoms with Gasteiger partial charge in [0.05, 0.1) is 11.7 Å². The summed E-state index contributed by atoms with van der Waals surface area (Å²) in [4.78, 5) is 4.20. The third-order valence-corrected chi connectivity index (χ3v) is 1.82. The summed E-state index contributed by atoms with van der Waals surface area (Å²) in [7, 11) is 0. The molecule has 2 rings (SSSR count). The highest BCUT2D eigenvalue weighted by Gasteiger charge is 1.93. The molecule has 1 aromatic heterocycles. The van der Waals surface area contributed by atoms with E-state index in [1.807, 2.05) is 30.3 Å². The van der Waals surface area contributed by atoms with Crippen molar-refractivity contribution in [2.24, 2.45) is 5.16 Å². The summed E-state index contributed by atoms with van der Waals surface area (Å²) in [6.45, 7) is 0. The smallest absolute Gasteiger partial charge is 0.0749 e. The van der Waals surface area contributed by atoms with Gasteiger partial charge in [0, 0.05) is 17.1 Å². The summed E-state index contributed by atoms with van der Waals surface area (Å²) in [5, 5.41) is 12.3. The van der Waals surface area contributed by atoms with Crippen LogP contribution < -0.4 is 0 Å². The van der Waals surface area contributed by atoms with Crippen LogP contribution in [0.25, 0.3) is 10.9 Å². The van der Waals surface area contributed by atoms with Gasteiger partial charge in [0.1, 0.15) is 0 Å². The van der Waals surface area contributed by atoms with Gasteiger partial charge in [0.2, 0.25) is 0 Å². The van der Waals surface area contributed by atoms with Gasteiger partial charge in [-0.25, -0.2) is 0 Å². The Kier molecular flexibility index (Phi) is 1.92. The largest absolute Gasteiger partial charge is 0.411 e. The van der Waals surface area contributed by atoms with Crippen LogP contribution in [0.15, 0.2) is 41.7 Å². The maximum absolute atomic E-state index is 8.33. The van der Waals surface area contributed by atoms with Crippen molar-refractivity contribution >= 4 is 17.1 Å². The zero-order chi connectivity index (χ0) is 9.10. The number of nitrogens with zero attached hydrogens (tertiary/aromatic N) is 2. The van der Waals surface area contributed by atoms with Crippen LogP contribution >= 0.6 is 0 Å². The van der Waals surface area contributed by atoms with E-state index in [1.165, 1.54) is 6.21 Å². The van der Waals surface area contributed by atoms with E-state index in [9.17, 15) is 0 Å². The molecule has 0 radical (unpaired) electrons. The molecule has 1 heterocycles. The number of pyridine rings is 1. The molecule has 0 aliphatic rings. The average Bonchev–Trinajstić information content (AvgIpc) is 2.18. The van der Waals surface area contributed by atoms with Crippen molar-refractivity contribution in [2.75, 3.05) is 0 Å². The van der Waals surface area contributed by atoms with Gasteiger partial charge in [-0.05, 0) is 12.1 Å². The van der Waals surface area contributed by atoms with Crippen LogP contribution in [0.5, 0.6) is 0 Å².